The van der Waals surface area contributed by atoms with Gasteiger partial charge in [-0.15, -0.1) is 0 Å². The summed E-state index contributed by atoms with van der Waals surface area (Å²) in [5.74, 6) is 0.543. The third-order valence-corrected chi connectivity index (χ3v) is 4.79. The van der Waals surface area contributed by atoms with E-state index in [9.17, 15) is 9.59 Å². The first-order valence-electron chi connectivity index (χ1n) is 8.13. The average Bonchev–Trinajstić information content (AvgIpc) is 2.98. The Hall–Kier alpha value is -2.02. The molecule has 7 heteroatoms. The zero-order valence-electron chi connectivity index (χ0n) is 14.3. The Bertz CT molecular complexity index is 756. The molecule has 2 heterocycles. The van der Waals surface area contributed by atoms with E-state index in [1.807, 2.05) is 19.9 Å². The van der Waals surface area contributed by atoms with Crippen molar-refractivity contribution < 1.29 is 23.8 Å². The van der Waals surface area contributed by atoms with Crippen LogP contribution in [0.5, 0.6) is 11.5 Å². The lowest BCUT2D eigenvalue weighted by Crippen LogP contribution is -2.34. The highest BCUT2D eigenvalue weighted by atomic mass is 79.9. The standard InChI is InChI=1S/C18H20BrNO5/c1-9(2)7-23-18(22)17-10(3)20-16(21)5-12(17)11-4-14-15(6-13(11)19)25-8-24-14/h4,6,9,12H,5,7-8H2,1-3H3,(H,20,21). The molecule has 1 unspecified atom stereocenters. The average molecular weight is 410 g/mol. The van der Waals surface area contributed by atoms with Gasteiger partial charge in [0.25, 0.3) is 0 Å². The van der Waals surface area contributed by atoms with Crippen LogP contribution in [0.4, 0.5) is 0 Å². The SMILES string of the molecule is CC1=C(C(=O)OCC(C)C)C(c2cc3c(cc2Br)OCO3)CC(=O)N1. The predicted octanol–water partition coefficient (Wildman–Crippen LogP) is 3.25. The minimum absolute atomic E-state index is 0.132. The highest BCUT2D eigenvalue weighted by molar-refractivity contribution is 9.10. The van der Waals surface area contributed by atoms with E-state index in [2.05, 4.69) is 21.2 Å². The van der Waals surface area contributed by atoms with Crippen LogP contribution in [-0.2, 0) is 14.3 Å². The van der Waals surface area contributed by atoms with E-state index in [0.29, 0.717) is 29.4 Å². The second-order valence-corrected chi connectivity index (χ2v) is 7.42. The summed E-state index contributed by atoms with van der Waals surface area (Å²) in [6.45, 7) is 6.16. The Morgan fingerprint density at radius 1 is 1.36 bits per heavy atom. The van der Waals surface area contributed by atoms with E-state index in [-0.39, 0.29) is 25.0 Å². The Balaban J connectivity index is 1.99. The summed E-state index contributed by atoms with van der Waals surface area (Å²) in [6.07, 6.45) is 0.168. The van der Waals surface area contributed by atoms with Crippen molar-refractivity contribution >= 4 is 27.8 Å². The molecular weight excluding hydrogens is 390 g/mol. The highest BCUT2D eigenvalue weighted by Gasteiger charge is 2.35. The number of rotatable bonds is 4. The zero-order chi connectivity index (χ0) is 18.1. The van der Waals surface area contributed by atoms with Gasteiger partial charge in [0.05, 0.1) is 12.2 Å². The molecule has 1 aromatic carbocycles. The molecule has 0 aromatic heterocycles. The number of amides is 1. The minimum atomic E-state index is -0.405. The van der Waals surface area contributed by atoms with Crippen LogP contribution in [-0.4, -0.2) is 25.3 Å². The second kappa shape index (κ2) is 7.07. The maximum atomic E-state index is 12.6. The summed E-state index contributed by atoms with van der Waals surface area (Å²) in [5.41, 5.74) is 1.80. The lowest BCUT2D eigenvalue weighted by molar-refractivity contribution is -0.140. The van der Waals surface area contributed by atoms with Crippen LogP contribution in [0, 0.1) is 5.92 Å². The molecule has 0 fully saturated rings. The van der Waals surface area contributed by atoms with Gasteiger partial charge < -0.3 is 19.5 Å². The molecule has 0 aliphatic carbocycles. The third-order valence-electron chi connectivity index (χ3n) is 4.10. The first-order valence-corrected chi connectivity index (χ1v) is 8.93. The normalized spacial score (nSPS) is 19.2. The Morgan fingerprint density at radius 3 is 2.72 bits per heavy atom. The van der Waals surface area contributed by atoms with Gasteiger partial charge in [-0.05, 0) is 30.5 Å². The van der Waals surface area contributed by atoms with Gasteiger partial charge in [0.1, 0.15) is 0 Å². The number of nitrogens with one attached hydrogen (secondary N) is 1. The predicted molar refractivity (Wildman–Crippen MR) is 94.3 cm³/mol. The van der Waals surface area contributed by atoms with Crippen LogP contribution in [0.2, 0.25) is 0 Å². The molecule has 1 aromatic rings. The molecule has 0 bridgehead atoms. The molecule has 25 heavy (non-hydrogen) atoms. The molecule has 6 nitrogen and oxygen atoms in total. The summed E-state index contributed by atoms with van der Waals surface area (Å²) >= 11 is 3.52. The Morgan fingerprint density at radius 2 is 2.04 bits per heavy atom. The van der Waals surface area contributed by atoms with Crippen molar-refractivity contribution in [2.75, 3.05) is 13.4 Å². The van der Waals surface area contributed by atoms with Gasteiger partial charge in [0.2, 0.25) is 12.7 Å². The zero-order valence-corrected chi connectivity index (χ0v) is 15.9. The second-order valence-electron chi connectivity index (χ2n) is 6.56. The monoisotopic (exact) mass is 409 g/mol. The number of carbonyl (C=O) groups excluding carboxylic acids is 2. The number of halogens is 1. The highest BCUT2D eigenvalue weighted by Crippen LogP contribution is 2.43. The van der Waals surface area contributed by atoms with E-state index in [1.165, 1.54) is 0 Å². The maximum absolute atomic E-state index is 12.6. The molecule has 0 saturated carbocycles. The quantitative estimate of drug-likeness (QED) is 0.772. The van der Waals surface area contributed by atoms with Crippen LogP contribution < -0.4 is 14.8 Å². The van der Waals surface area contributed by atoms with E-state index < -0.39 is 11.9 Å². The molecule has 2 aliphatic rings. The van der Waals surface area contributed by atoms with E-state index in [1.54, 1.807) is 13.0 Å². The van der Waals surface area contributed by atoms with Crippen LogP contribution in [0.25, 0.3) is 0 Å². The van der Waals surface area contributed by atoms with Crippen molar-refractivity contribution in [3.05, 3.63) is 33.4 Å². The number of ether oxygens (including phenoxy) is 3. The number of fused-ring (bicyclic) bond motifs is 1. The number of hydrogen-bond acceptors (Lipinski definition) is 5. The molecule has 0 saturated heterocycles. The largest absolute Gasteiger partial charge is 0.462 e. The van der Waals surface area contributed by atoms with Gasteiger partial charge in [-0.1, -0.05) is 29.8 Å². The van der Waals surface area contributed by atoms with Gasteiger partial charge >= 0.3 is 5.97 Å². The first-order chi connectivity index (χ1) is 11.9. The topological polar surface area (TPSA) is 73.9 Å². The van der Waals surface area contributed by atoms with Gasteiger partial charge in [0, 0.05) is 22.5 Å². The van der Waals surface area contributed by atoms with Crippen molar-refractivity contribution in [2.45, 2.75) is 33.1 Å². The first kappa shape index (κ1) is 17.8. The molecule has 1 amide bonds. The van der Waals surface area contributed by atoms with Crippen LogP contribution >= 0.6 is 15.9 Å². The third kappa shape index (κ3) is 3.66. The van der Waals surface area contributed by atoms with Crippen LogP contribution in [0.15, 0.2) is 27.9 Å². The fourth-order valence-electron chi connectivity index (χ4n) is 2.96. The number of allylic oxidation sites excluding steroid dienone is 1. The Labute approximate surface area is 154 Å². The fourth-order valence-corrected chi connectivity index (χ4v) is 3.56. The van der Waals surface area contributed by atoms with Crippen LogP contribution in [0.3, 0.4) is 0 Å². The number of hydrogen-bond donors (Lipinski definition) is 1. The number of benzene rings is 1. The number of esters is 1. The lowest BCUT2D eigenvalue weighted by Gasteiger charge is -2.27. The van der Waals surface area contributed by atoms with Crippen molar-refractivity contribution in [1.82, 2.24) is 5.32 Å². The molecular formula is C18H20BrNO5. The van der Waals surface area contributed by atoms with Crippen LogP contribution in [0.1, 0.15) is 38.7 Å². The van der Waals surface area contributed by atoms with E-state index in [0.717, 1.165) is 10.0 Å². The Kier molecular flexibility index (Phi) is 5.03. The van der Waals surface area contributed by atoms with Crippen molar-refractivity contribution in [2.24, 2.45) is 5.92 Å². The van der Waals surface area contributed by atoms with Gasteiger partial charge in [-0.25, -0.2) is 4.79 Å². The molecule has 1 N–H and O–H groups in total. The summed E-state index contributed by atoms with van der Waals surface area (Å²) in [6, 6.07) is 3.62. The summed E-state index contributed by atoms with van der Waals surface area (Å²) < 4.78 is 17.0. The van der Waals surface area contributed by atoms with Crippen molar-refractivity contribution in [3.63, 3.8) is 0 Å². The molecule has 0 radical (unpaired) electrons. The fraction of sp³-hybridized carbons (Fsp3) is 0.444. The molecule has 3 rings (SSSR count). The summed E-state index contributed by atoms with van der Waals surface area (Å²) in [4.78, 5) is 24.7. The lowest BCUT2D eigenvalue weighted by atomic mass is 9.84. The molecule has 0 spiro atoms. The smallest absolute Gasteiger partial charge is 0.336 e. The molecule has 1 atom stereocenters. The number of carbonyl (C=O) groups is 2. The van der Waals surface area contributed by atoms with Gasteiger partial charge in [0.15, 0.2) is 11.5 Å². The summed E-state index contributed by atoms with van der Waals surface area (Å²) in [7, 11) is 0. The van der Waals surface area contributed by atoms with Gasteiger partial charge in [-0.2, -0.15) is 0 Å². The molecule has 134 valence electrons. The van der Waals surface area contributed by atoms with E-state index >= 15 is 0 Å². The van der Waals surface area contributed by atoms with Gasteiger partial charge in [-0.3, -0.25) is 4.79 Å². The van der Waals surface area contributed by atoms with Crippen molar-refractivity contribution in [1.29, 1.82) is 0 Å². The molecule has 2 aliphatic heterocycles. The summed E-state index contributed by atoms with van der Waals surface area (Å²) in [5, 5.41) is 2.74. The minimum Gasteiger partial charge on any atom is -0.462 e. The maximum Gasteiger partial charge on any atom is 0.336 e. The van der Waals surface area contributed by atoms with Crippen molar-refractivity contribution in [3.8, 4) is 11.5 Å². The van der Waals surface area contributed by atoms with E-state index in [4.69, 9.17) is 14.2 Å².